The lowest BCUT2D eigenvalue weighted by Crippen LogP contribution is -2.59. The molecular formula is C26H47N3O16. The standard InChI is InChI=1S/C26H47N3O16/c27-13(10-17(33)34)24(41)28-5-3-1-2-4-16(32)29(6-8-42-25-22(39)20(37)18(35)14(11-30)44-25)7-9-43-26-23(40)21(38)19(36)15(12-31)45-26/h13-15,18-23,25-26,30-31,35-40H,1-12,27H2,(H,28,41)(H,33,34)/t13-,14+,15+,18+,19+,20-,21-,22-,23-,25-,26-/m0/s1. The first-order valence-corrected chi connectivity index (χ1v) is 14.7. The molecule has 45 heavy (non-hydrogen) atoms. The number of nitrogens with two attached hydrogens (primary N) is 1. The van der Waals surface area contributed by atoms with E-state index in [1.807, 2.05) is 0 Å². The van der Waals surface area contributed by atoms with Gasteiger partial charge < -0.3 is 80.9 Å². The molecule has 0 aromatic heterocycles. The zero-order valence-electron chi connectivity index (χ0n) is 24.7. The number of hydrogen-bond donors (Lipinski definition) is 11. The van der Waals surface area contributed by atoms with Crippen molar-refractivity contribution in [1.29, 1.82) is 0 Å². The van der Waals surface area contributed by atoms with E-state index in [2.05, 4.69) is 5.32 Å². The van der Waals surface area contributed by atoms with E-state index in [1.165, 1.54) is 4.90 Å². The number of aliphatic hydroxyl groups is 8. The minimum absolute atomic E-state index is 0.0621. The Kier molecular flexibility index (Phi) is 17.0. The van der Waals surface area contributed by atoms with E-state index in [-0.39, 0.29) is 45.2 Å². The van der Waals surface area contributed by atoms with Crippen LogP contribution in [0.15, 0.2) is 0 Å². The molecule has 12 N–H and O–H groups in total. The van der Waals surface area contributed by atoms with E-state index < -0.39 is 99.0 Å². The second kappa shape index (κ2) is 19.5. The molecule has 19 nitrogen and oxygen atoms in total. The van der Waals surface area contributed by atoms with E-state index in [0.29, 0.717) is 19.3 Å². The van der Waals surface area contributed by atoms with E-state index >= 15 is 0 Å². The summed E-state index contributed by atoms with van der Waals surface area (Å²) in [6.45, 7) is -1.63. The molecule has 2 amide bonds. The van der Waals surface area contributed by atoms with Crippen molar-refractivity contribution in [2.75, 3.05) is 46.1 Å². The smallest absolute Gasteiger partial charge is 0.305 e. The van der Waals surface area contributed by atoms with Gasteiger partial charge in [0, 0.05) is 26.1 Å². The Morgan fingerprint density at radius 3 is 1.69 bits per heavy atom. The number of rotatable bonds is 19. The van der Waals surface area contributed by atoms with Crippen molar-refractivity contribution in [2.24, 2.45) is 5.73 Å². The summed E-state index contributed by atoms with van der Waals surface area (Å²) < 4.78 is 21.6. The highest BCUT2D eigenvalue weighted by Crippen LogP contribution is 2.23. The first-order chi connectivity index (χ1) is 21.3. The number of amides is 2. The number of ether oxygens (including phenoxy) is 4. The molecule has 2 aliphatic rings. The predicted molar refractivity (Wildman–Crippen MR) is 148 cm³/mol. The van der Waals surface area contributed by atoms with Crippen molar-refractivity contribution in [2.45, 2.75) is 99.6 Å². The van der Waals surface area contributed by atoms with Crippen LogP contribution in [0.4, 0.5) is 0 Å². The van der Waals surface area contributed by atoms with Crippen molar-refractivity contribution in [3.05, 3.63) is 0 Å². The molecule has 262 valence electrons. The number of carboxylic acid groups (broad SMARTS) is 1. The fourth-order valence-corrected chi connectivity index (χ4v) is 4.69. The minimum Gasteiger partial charge on any atom is -0.481 e. The molecule has 0 saturated carbocycles. The Hall–Kier alpha value is -2.11. The fourth-order valence-electron chi connectivity index (χ4n) is 4.69. The van der Waals surface area contributed by atoms with Crippen LogP contribution in [0.2, 0.25) is 0 Å². The van der Waals surface area contributed by atoms with Gasteiger partial charge in [-0.15, -0.1) is 0 Å². The monoisotopic (exact) mass is 657 g/mol. The summed E-state index contributed by atoms with van der Waals surface area (Å²) in [4.78, 5) is 36.9. The molecule has 19 heteroatoms. The summed E-state index contributed by atoms with van der Waals surface area (Å²) in [5.41, 5.74) is 5.50. The van der Waals surface area contributed by atoms with Crippen LogP contribution >= 0.6 is 0 Å². The van der Waals surface area contributed by atoms with E-state index in [1.54, 1.807) is 0 Å². The Morgan fingerprint density at radius 1 is 0.756 bits per heavy atom. The molecule has 0 aromatic rings. The highest BCUT2D eigenvalue weighted by Gasteiger charge is 2.45. The highest BCUT2D eigenvalue weighted by atomic mass is 16.7. The third-order valence-electron chi connectivity index (χ3n) is 7.43. The van der Waals surface area contributed by atoms with Gasteiger partial charge in [-0.2, -0.15) is 0 Å². The molecule has 2 rings (SSSR count). The summed E-state index contributed by atoms with van der Waals surface area (Å²) >= 11 is 0. The molecule has 0 aliphatic carbocycles. The number of unbranched alkanes of at least 4 members (excludes halogenated alkanes) is 2. The lowest BCUT2D eigenvalue weighted by Gasteiger charge is -2.40. The molecular weight excluding hydrogens is 610 g/mol. The van der Waals surface area contributed by atoms with Gasteiger partial charge in [-0.05, 0) is 12.8 Å². The van der Waals surface area contributed by atoms with Crippen LogP contribution in [-0.4, -0.2) is 182 Å². The molecule has 2 heterocycles. The summed E-state index contributed by atoms with van der Waals surface area (Å²) in [7, 11) is 0. The maximum Gasteiger partial charge on any atom is 0.305 e. The lowest BCUT2D eigenvalue weighted by atomic mass is 9.99. The molecule has 2 aliphatic heterocycles. The number of nitrogens with one attached hydrogen (secondary N) is 1. The quantitative estimate of drug-likeness (QED) is 0.0576. The second-order valence-corrected chi connectivity index (χ2v) is 10.8. The van der Waals surface area contributed by atoms with Crippen LogP contribution in [0, 0.1) is 0 Å². The highest BCUT2D eigenvalue weighted by molar-refractivity contribution is 5.85. The SMILES string of the molecule is N[C@@H](CC(=O)O)C(=O)NCCCCCC(=O)N(CCO[C@H]1O[C@H](CO)[C@@H](O)[C@H](O)[C@@H]1O)CCO[C@H]1O[C@H](CO)[C@@H](O)[C@H](O)[C@@H]1O. The zero-order chi connectivity index (χ0) is 33.7. The first-order valence-electron chi connectivity index (χ1n) is 14.7. The number of hydrogen-bond acceptors (Lipinski definition) is 16. The number of carbonyl (C=O) groups excluding carboxylic acids is 2. The number of nitrogens with zero attached hydrogens (tertiary/aromatic N) is 1. The van der Waals surface area contributed by atoms with Crippen molar-refractivity contribution >= 4 is 17.8 Å². The number of aliphatic hydroxyl groups excluding tert-OH is 8. The summed E-state index contributed by atoms with van der Waals surface area (Å²) in [5, 5.41) is 90.1. The predicted octanol–water partition coefficient (Wildman–Crippen LogP) is -6.07. The Labute approximate surface area is 259 Å². The Bertz CT molecular complexity index is 871. The average molecular weight is 658 g/mol. The van der Waals surface area contributed by atoms with Crippen LogP contribution in [-0.2, 0) is 33.3 Å². The average Bonchev–Trinajstić information content (AvgIpc) is 3.01. The van der Waals surface area contributed by atoms with Crippen LogP contribution in [0.1, 0.15) is 32.1 Å². The minimum atomic E-state index is -1.65. The molecule has 0 radical (unpaired) electrons. The van der Waals surface area contributed by atoms with Crippen LogP contribution < -0.4 is 11.1 Å². The van der Waals surface area contributed by atoms with Gasteiger partial charge in [-0.1, -0.05) is 6.42 Å². The molecule has 11 atom stereocenters. The second-order valence-electron chi connectivity index (χ2n) is 10.8. The molecule has 2 saturated heterocycles. The summed E-state index contributed by atoms with van der Waals surface area (Å²) in [5.74, 6) is -2.14. The maximum atomic E-state index is 13.1. The van der Waals surface area contributed by atoms with Gasteiger partial charge >= 0.3 is 5.97 Å². The Balaban J connectivity index is 1.89. The third-order valence-corrected chi connectivity index (χ3v) is 7.43. The van der Waals surface area contributed by atoms with E-state index in [0.717, 1.165) is 0 Å². The number of carboxylic acids is 1. The van der Waals surface area contributed by atoms with Gasteiger partial charge in [0.05, 0.1) is 38.9 Å². The molecule has 2 fully saturated rings. The van der Waals surface area contributed by atoms with Gasteiger partial charge in [0.1, 0.15) is 48.8 Å². The van der Waals surface area contributed by atoms with E-state index in [9.17, 15) is 55.2 Å². The number of carbonyl (C=O) groups is 3. The van der Waals surface area contributed by atoms with Gasteiger partial charge in [0.15, 0.2) is 12.6 Å². The lowest BCUT2D eigenvalue weighted by molar-refractivity contribution is -0.303. The van der Waals surface area contributed by atoms with Crippen molar-refractivity contribution in [3.8, 4) is 0 Å². The number of aliphatic carboxylic acids is 1. The normalized spacial score (nSPS) is 32.6. The zero-order valence-corrected chi connectivity index (χ0v) is 24.7. The van der Waals surface area contributed by atoms with Crippen molar-refractivity contribution in [1.82, 2.24) is 10.2 Å². The van der Waals surface area contributed by atoms with Crippen LogP contribution in [0.25, 0.3) is 0 Å². The van der Waals surface area contributed by atoms with E-state index in [4.69, 9.17) is 29.8 Å². The Morgan fingerprint density at radius 2 is 1.24 bits per heavy atom. The largest absolute Gasteiger partial charge is 0.481 e. The topological polar surface area (TPSA) is 311 Å². The van der Waals surface area contributed by atoms with Gasteiger partial charge in [-0.25, -0.2) is 0 Å². The van der Waals surface area contributed by atoms with Gasteiger partial charge in [0.25, 0.3) is 0 Å². The maximum absolute atomic E-state index is 13.1. The van der Waals surface area contributed by atoms with Crippen molar-refractivity contribution in [3.63, 3.8) is 0 Å². The molecule has 0 aromatic carbocycles. The fraction of sp³-hybridized carbons (Fsp3) is 0.885. The third kappa shape index (κ3) is 11.9. The van der Waals surface area contributed by atoms with Crippen LogP contribution in [0.5, 0.6) is 0 Å². The van der Waals surface area contributed by atoms with Crippen LogP contribution in [0.3, 0.4) is 0 Å². The summed E-state index contributed by atoms with van der Waals surface area (Å²) in [6, 6.07) is -1.17. The van der Waals surface area contributed by atoms with Crippen molar-refractivity contribution < 1.29 is 79.3 Å². The molecule has 0 spiro atoms. The molecule has 0 unspecified atom stereocenters. The van der Waals surface area contributed by atoms with Gasteiger partial charge in [-0.3, -0.25) is 14.4 Å². The summed E-state index contributed by atoms with van der Waals surface area (Å²) in [6.07, 6.45) is -13.9. The first kappa shape index (κ1) is 39.1. The van der Waals surface area contributed by atoms with Gasteiger partial charge in [0.2, 0.25) is 11.8 Å². The molecule has 0 bridgehead atoms.